The van der Waals surface area contributed by atoms with Crippen molar-refractivity contribution in [2.24, 2.45) is 5.92 Å². The molecule has 0 aromatic rings. The molecule has 1 amide bonds. The quantitative estimate of drug-likeness (QED) is 0.769. The third-order valence-electron chi connectivity index (χ3n) is 2.57. The number of ether oxygens (including phenoxy) is 2. The summed E-state index contributed by atoms with van der Waals surface area (Å²) in [5.74, 6) is 0.495. The fraction of sp³-hybridized carbons (Fsp3) is 0.769. The molecule has 0 aromatic heterocycles. The van der Waals surface area contributed by atoms with Gasteiger partial charge in [0.1, 0.15) is 5.60 Å². The molecule has 1 rings (SSSR count). The highest BCUT2D eigenvalue weighted by molar-refractivity contribution is 5.68. The Morgan fingerprint density at radius 1 is 1.41 bits per heavy atom. The van der Waals surface area contributed by atoms with E-state index in [2.05, 4.69) is 11.4 Å². The molecule has 0 saturated heterocycles. The van der Waals surface area contributed by atoms with E-state index in [0.717, 1.165) is 19.4 Å². The van der Waals surface area contributed by atoms with Crippen molar-refractivity contribution in [3.8, 4) is 0 Å². The second kappa shape index (κ2) is 6.05. The molecule has 2 atom stereocenters. The second-order valence-electron chi connectivity index (χ2n) is 5.41. The summed E-state index contributed by atoms with van der Waals surface area (Å²) in [4.78, 5) is 11.5. The molecule has 0 aromatic carbocycles. The molecule has 2 unspecified atom stereocenters. The fourth-order valence-corrected chi connectivity index (χ4v) is 1.82. The molecule has 0 heterocycles. The summed E-state index contributed by atoms with van der Waals surface area (Å²) >= 11 is 0. The number of hydrogen-bond donors (Lipinski definition) is 1. The number of hydrogen-bond acceptors (Lipinski definition) is 3. The summed E-state index contributed by atoms with van der Waals surface area (Å²) in [6.45, 7) is 6.34. The molecule has 1 N–H and O–H groups in total. The molecule has 0 saturated carbocycles. The van der Waals surface area contributed by atoms with Gasteiger partial charge in [0.05, 0.1) is 6.04 Å². The number of rotatable bonds is 4. The SMILES string of the molecule is COCCC1C=CC(NC(=O)OC(C)(C)C)C1. The summed E-state index contributed by atoms with van der Waals surface area (Å²) in [6, 6.07) is 0.0895. The average Bonchev–Trinajstić information content (AvgIpc) is 2.59. The first-order valence-electron chi connectivity index (χ1n) is 6.07. The zero-order valence-electron chi connectivity index (χ0n) is 11.2. The molecule has 4 heteroatoms. The van der Waals surface area contributed by atoms with E-state index in [-0.39, 0.29) is 12.1 Å². The number of alkyl carbamates (subject to hydrolysis) is 1. The van der Waals surface area contributed by atoms with Crippen LogP contribution in [0.1, 0.15) is 33.6 Å². The van der Waals surface area contributed by atoms with Gasteiger partial charge in [0.15, 0.2) is 0 Å². The highest BCUT2D eigenvalue weighted by atomic mass is 16.6. The predicted octanol–water partition coefficient (Wildman–Crippen LogP) is 2.49. The van der Waals surface area contributed by atoms with E-state index in [1.807, 2.05) is 26.8 Å². The maximum Gasteiger partial charge on any atom is 0.408 e. The zero-order valence-corrected chi connectivity index (χ0v) is 11.2. The summed E-state index contributed by atoms with van der Waals surface area (Å²) < 4.78 is 10.2. The Labute approximate surface area is 103 Å². The molecule has 0 fully saturated rings. The van der Waals surface area contributed by atoms with Crippen molar-refractivity contribution >= 4 is 6.09 Å². The van der Waals surface area contributed by atoms with Crippen molar-refractivity contribution in [2.75, 3.05) is 13.7 Å². The highest BCUT2D eigenvalue weighted by Crippen LogP contribution is 2.21. The number of amides is 1. The van der Waals surface area contributed by atoms with Gasteiger partial charge < -0.3 is 14.8 Å². The Kier molecular flexibility index (Phi) is 5.00. The summed E-state index contributed by atoms with van der Waals surface area (Å²) in [5, 5.41) is 2.85. The van der Waals surface area contributed by atoms with Gasteiger partial charge in [-0.1, -0.05) is 12.2 Å². The van der Waals surface area contributed by atoms with Crippen LogP contribution < -0.4 is 5.32 Å². The summed E-state index contributed by atoms with van der Waals surface area (Å²) in [7, 11) is 1.70. The van der Waals surface area contributed by atoms with Crippen molar-refractivity contribution in [2.45, 2.75) is 45.3 Å². The molecule has 17 heavy (non-hydrogen) atoms. The van der Waals surface area contributed by atoms with Gasteiger partial charge in [0, 0.05) is 13.7 Å². The Morgan fingerprint density at radius 3 is 2.71 bits per heavy atom. The van der Waals surface area contributed by atoms with Crippen molar-refractivity contribution in [3.63, 3.8) is 0 Å². The second-order valence-corrected chi connectivity index (χ2v) is 5.41. The van der Waals surface area contributed by atoms with Crippen LogP contribution in [-0.4, -0.2) is 31.5 Å². The van der Waals surface area contributed by atoms with Crippen LogP contribution in [0.15, 0.2) is 12.2 Å². The Morgan fingerprint density at radius 2 is 2.12 bits per heavy atom. The molecule has 1 aliphatic rings. The first kappa shape index (κ1) is 14.0. The van der Waals surface area contributed by atoms with E-state index < -0.39 is 5.60 Å². The van der Waals surface area contributed by atoms with Crippen LogP contribution in [-0.2, 0) is 9.47 Å². The average molecular weight is 241 g/mol. The van der Waals surface area contributed by atoms with Gasteiger partial charge in [-0.05, 0) is 39.5 Å². The minimum atomic E-state index is -0.443. The van der Waals surface area contributed by atoms with Crippen LogP contribution >= 0.6 is 0 Å². The largest absolute Gasteiger partial charge is 0.444 e. The van der Waals surface area contributed by atoms with Crippen LogP contribution in [0.2, 0.25) is 0 Å². The summed E-state index contributed by atoms with van der Waals surface area (Å²) in [5.41, 5.74) is -0.443. The van der Waals surface area contributed by atoms with Gasteiger partial charge in [0.25, 0.3) is 0 Å². The number of carbonyl (C=O) groups is 1. The van der Waals surface area contributed by atoms with E-state index >= 15 is 0 Å². The van der Waals surface area contributed by atoms with Crippen LogP contribution in [0.5, 0.6) is 0 Å². The van der Waals surface area contributed by atoms with E-state index in [9.17, 15) is 4.79 Å². The third kappa shape index (κ3) is 5.73. The first-order chi connectivity index (χ1) is 7.90. The molecule has 1 aliphatic carbocycles. The van der Waals surface area contributed by atoms with Crippen molar-refractivity contribution in [1.82, 2.24) is 5.32 Å². The molecule has 0 aliphatic heterocycles. The Hall–Kier alpha value is -1.03. The molecular formula is C13H23NO3. The van der Waals surface area contributed by atoms with E-state index in [1.165, 1.54) is 0 Å². The van der Waals surface area contributed by atoms with Gasteiger partial charge in [-0.2, -0.15) is 0 Å². The normalized spacial score (nSPS) is 23.8. The fourth-order valence-electron chi connectivity index (χ4n) is 1.82. The number of allylic oxidation sites excluding steroid dienone is 1. The number of carbonyl (C=O) groups excluding carboxylic acids is 1. The van der Waals surface area contributed by atoms with Gasteiger partial charge in [-0.25, -0.2) is 4.79 Å². The number of methoxy groups -OCH3 is 1. The minimum absolute atomic E-state index is 0.0895. The minimum Gasteiger partial charge on any atom is -0.444 e. The lowest BCUT2D eigenvalue weighted by Gasteiger charge is -2.21. The lowest BCUT2D eigenvalue weighted by atomic mass is 10.0. The molecular weight excluding hydrogens is 218 g/mol. The van der Waals surface area contributed by atoms with Crippen molar-refractivity contribution in [3.05, 3.63) is 12.2 Å². The maximum absolute atomic E-state index is 11.5. The van der Waals surface area contributed by atoms with Crippen LogP contribution in [0.3, 0.4) is 0 Å². The highest BCUT2D eigenvalue weighted by Gasteiger charge is 2.23. The Balaban J connectivity index is 2.26. The smallest absolute Gasteiger partial charge is 0.408 e. The van der Waals surface area contributed by atoms with Crippen LogP contribution in [0.25, 0.3) is 0 Å². The first-order valence-corrected chi connectivity index (χ1v) is 6.07. The van der Waals surface area contributed by atoms with Crippen molar-refractivity contribution in [1.29, 1.82) is 0 Å². The lowest BCUT2D eigenvalue weighted by Crippen LogP contribution is -2.37. The molecule has 0 bridgehead atoms. The van der Waals surface area contributed by atoms with E-state index in [4.69, 9.17) is 9.47 Å². The molecule has 0 spiro atoms. The van der Waals surface area contributed by atoms with Gasteiger partial charge >= 0.3 is 6.09 Å². The zero-order chi connectivity index (χ0) is 12.9. The monoisotopic (exact) mass is 241 g/mol. The Bertz CT molecular complexity index is 281. The molecule has 0 radical (unpaired) electrons. The lowest BCUT2D eigenvalue weighted by molar-refractivity contribution is 0.0512. The van der Waals surface area contributed by atoms with Crippen LogP contribution in [0, 0.1) is 5.92 Å². The standard InChI is InChI=1S/C13H23NO3/c1-13(2,3)17-12(15)14-11-6-5-10(9-11)7-8-16-4/h5-6,10-11H,7-9H2,1-4H3,(H,14,15). The maximum atomic E-state index is 11.5. The van der Waals surface area contributed by atoms with E-state index in [0.29, 0.717) is 5.92 Å². The topological polar surface area (TPSA) is 47.6 Å². The van der Waals surface area contributed by atoms with Crippen LogP contribution in [0.4, 0.5) is 4.79 Å². The third-order valence-corrected chi connectivity index (χ3v) is 2.57. The predicted molar refractivity (Wildman–Crippen MR) is 66.9 cm³/mol. The molecule has 98 valence electrons. The summed E-state index contributed by atoms with van der Waals surface area (Å²) in [6.07, 6.45) is 5.76. The van der Waals surface area contributed by atoms with E-state index in [1.54, 1.807) is 7.11 Å². The molecule has 4 nitrogen and oxygen atoms in total. The van der Waals surface area contributed by atoms with Gasteiger partial charge in [-0.15, -0.1) is 0 Å². The van der Waals surface area contributed by atoms with Gasteiger partial charge in [0.2, 0.25) is 0 Å². The number of nitrogens with one attached hydrogen (secondary N) is 1. The van der Waals surface area contributed by atoms with Gasteiger partial charge in [-0.3, -0.25) is 0 Å². The van der Waals surface area contributed by atoms with Crippen molar-refractivity contribution < 1.29 is 14.3 Å².